The number of fused-ring (bicyclic) bond motifs is 3. The Morgan fingerprint density at radius 2 is 1.56 bits per heavy atom. The molecule has 1 aliphatic heterocycles. The molecule has 0 aromatic heterocycles. The first-order valence-electron chi connectivity index (χ1n) is 15.2. The molecule has 0 saturated heterocycles. The Morgan fingerprint density at radius 3 is 2.18 bits per heavy atom. The van der Waals surface area contributed by atoms with Gasteiger partial charge in [-0.15, -0.1) is 0 Å². The summed E-state index contributed by atoms with van der Waals surface area (Å²) in [5.41, 5.74) is 6.32. The third-order valence-corrected chi connectivity index (χ3v) is 8.68. The van der Waals surface area contributed by atoms with Gasteiger partial charge in [0.15, 0.2) is 0 Å². The molecule has 9 heteroatoms. The highest BCUT2D eigenvalue weighted by molar-refractivity contribution is 5.92. The third kappa shape index (κ3) is 6.93. The molecule has 234 valence electrons. The number of aryl methyl sites for hydroxylation is 1. The van der Waals surface area contributed by atoms with E-state index in [1.807, 2.05) is 79.7 Å². The molecule has 0 fully saturated rings. The van der Waals surface area contributed by atoms with Crippen molar-refractivity contribution < 1.29 is 29.0 Å². The maximum atomic E-state index is 14.2. The maximum absolute atomic E-state index is 14.2. The molecule has 2 atom stereocenters. The highest BCUT2D eigenvalue weighted by Crippen LogP contribution is 2.44. The van der Waals surface area contributed by atoms with Gasteiger partial charge in [0.1, 0.15) is 25.2 Å². The molecule has 0 unspecified atom stereocenters. The minimum absolute atomic E-state index is 0.117. The van der Waals surface area contributed by atoms with Gasteiger partial charge >= 0.3 is 12.1 Å². The van der Waals surface area contributed by atoms with Crippen LogP contribution < -0.4 is 0 Å². The van der Waals surface area contributed by atoms with E-state index in [9.17, 15) is 24.3 Å². The van der Waals surface area contributed by atoms with E-state index in [-0.39, 0.29) is 37.8 Å². The molecule has 5 rings (SSSR count). The minimum atomic E-state index is -1.14. The molecule has 3 aromatic carbocycles. The summed E-state index contributed by atoms with van der Waals surface area (Å²) in [7, 11) is 2.97. The molecule has 0 spiro atoms. The van der Waals surface area contributed by atoms with Crippen molar-refractivity contribution in [3.05, 3.63) is 107 Å². The molecule has 0 bridgehead atoms. The number of hydrogen-bond acceptors (Lipinski definition) is 5. The Hall–Kier alpha value is -4.92. The quantitative estimate of drug-likeness (QED) is 0.347. The van der Waals surface area contributed by atoms with Crippen molar-refractivity contribution in [2.24, 2.45) is 0 Å². The van der Waals surface area contributed by atoms with Crippen LogP contribution in [-0.2, 0) is 25.5 Å². The van der Waals surface area contributed by atoms with Crippen molar-refractivity contribution in [3.8, 4) is 11.1 Å². The van der Waals surface area contributed by atoms with Crippen molar-refractivity contribution in [1.29, 1.82) is 0 Å². The first-order chi connectivity index (χ1) is 21.7. The van der Waals surface area contributed by atoms with E-state index < -0.39 is 36.6 Å². The van der Waals surface area contributed by atoms with Gasteiger partial charge in [0.05, 0.1) is 0 Å². The van der Waals surface area contributed by atoms with E-state index in [0.717, 1.165) is 38.3 Å². The fourth-order valence-electron chi connectivity index (χ4n) is 6.23. The van der Waals surface area contributed by atoms with Gasteiger partial charge in [-0.25, -0.2) is 4.79 Å². The zero-order valence-corrected chi connectivity index (χ0v) is 25.9. The molecule has 1 heterocycles. The van der Waals surface area contributed by atoms with Gasteiger partial charge in [-0.3, -0.25) is 19.3 Å². The first-order valence-corrected chi connectivity index (χ1v) is 15.2. The SMILES string of the molecule is Cc1ccc(C[C@@H](C(=O)N(C)CC(=O)O)N2CC/C=C\C[C@H](N(C)C(=O)OCC3c4ccccc4-c4ccccc43)C2=O)cc1. The number of aliphatic carboxylic acids is 1. The lowest BCUT2D eigenvalue weighted by atomic mass is 9.98. The number of likely N-dealkylation sites (N-methyl/N-ethyl adjacent to an activating group) is 2. The highest BCUT2D eigenvalue weighted by atomic mass is 16.6. The molecule has 3 amide bonds. The second-order valence-corrected chi connectivity index (χ2v) is 11.8. The molecule has 2 aliphatic rings. The zero-order chi connectivity index (χ0) is 32.1. The fourth-order valence-corrected chi connectivity index (χ4v) is 6.23. The lowest BCUT2D eigenvalue weighted by Crippen LogP contribution is -2.57. The molecular weight excluding hydrogens is 570 g/mol. The van der Waals surface area contributed by atoms with Gasteiger partial charge in [-0.2, -0.15) is 0 Å². The van der Waals surface area contributed by atoms with Crippen LogP contribution in [0.15, 0.2) is 84.9 Å². The number of hydrogen-bond donors (Lipinski definition) is 1. The van der Waals surface area contributed by atoms with E-state index in [4.69, 9.17) is 4.74 Å². The van der Waals surface area contributed by atoms with E-state index in [0.29, 0.717) is 6.42 Å². The van der Waals surface area contributed by atoms with Gasteiger partial charge in [0.25, 0.3) is 0 Å². The Labute approximate surface area is 263 Å². The Kier molecular flexibility index (Phi) is 9.66. The van der Waals surface area contributed by atoms with Crippen molar-refractivity contribution in [2.45, 2.75) is 44.2 Å². The van der Waals surface area contributed by atoms with E-state index in [1.54, 1.807) is 7.05 Å². The van der Waals surface area contributed by atoms with Crippen LogP contribution in [-0.4, -0.2) is 89.6 Å². The van der Waals surface area contributed by atoms with E-state index in [2.05, 4.69) is 12.1 Å². The third-order valence-electron chi connectivity index (χ3n) is 8.68. The van der Waals surface area contributed by atoms with Gasteiger partial charge in [0.2, 0.25) is 11.8 Å². The molecule has 1 aliphatic carbocycles. The number of carbonyl (C=O) groups is 4. The molecule has 3 aromatic rings. The number of ether oxygens (including phenoxy) is 1. The van der Waals surface area contributed by atoms with Gasteiger partial charge in [-0.1, -0.05) is 90.5 Å². The molecule has 45 heavy (non-hydrogen) atoms. The van der Waals surface area contributed by atoms with Crippen LogP contribution in [0.2, 0.25) is 0 Å². The van der Waals surface area contributed by atoms with E-state index >= 15 is 0 Å². The summed E-state index contributed by atoms with van der Waals surface area (Å²) in [5.74, 6) is -2.13. The second kappa shape index (κ2) is 13.8. The molecule has 1 N–H and O–H groups in total. The summed E-state index contributed by atoms with van der Waals surface area (Å²) < 4.78 is 5.86. The van der Waals surface area contributed by atoms with Crippen LogP contribution in [0, 0.1) is 6.92 Å². The van der Waals surface area contributed by atoms with Crippen molar-refractivity contribution in [2.75, 3.05) is 33.8 Å². The smallest absolute Gasteiger partial charge is 0.410 e. The lowest BCUT2D eigenvalue weighted by molar-refractivity contribution is -0.150. The topological polar surface area (TPSA) is 107 Å². The molecule has 9 nitrogen and oxygen atoms in total. The Morgan fingerprint density at radius 1 is 0.933 bits per heavy atom. The van der Waals surface area contributed by atoms with Crippen LogP contribution in [0.25, 0.3) is 11.1 Å². The number of carboxylic acid groups (broad SMARTS) is 1. The van der Waals surface area contributed by atoms with Gasteiger partial charge in [-0.05, 0) is 47.6 Å². The molecule has 0 radical (unpaired) electrons. The molecular formula is C36H39N3O6. The number of rotatable bonds is 9. The van der Waals surface area contributed by atoms with Gasteiger partial charge in [0, 0.05) is 33.0 Å². The average Bonchev–Trinajstić information content (AvgIpc) is 3.34. The number of amides is 3. The van der Waals surface area contributed by atoms with Crippen LogP contribution in [0.1, 0.15) is 41.0 Å². The zero-order valence-electron chi connectivity index (χ0n) is 25.9. The average molecular weight is 610 g/mol. The molecule has 0 saturated carbocycles. The summed E-state index contributed by atoms with van der Waals surface area (Å²) >= 11 is 0. The summed E-state index contributed by atoms with van der Waals surface area (Å²) in [6.45, 7) is 1.83. The highest BCUT2D eigenvalue weighted by Gasteiger charge is 2.39. The summed E-state index contributed by atoms with van der Waals surface area (Å²) in [6.07, 6.45) is 4.17. The predicted octanol–water partition coefficient (Wildman–Crippen LogP) is 4.88. The number of carbonyl (C=O) groups excluding carboxylic acids is 3. The lowest BCUT2D eigenvalue weighted by Gasteiger charge is -2.38. The van der Waals surface area contributed by atoms with Crippen molar-refractivity contribution in [3.63, 3.8) is 0 Å². The van der Waals surface area contributed by atoms with Crippen LogP contribution in [0.4, 0.5) is 4.79 Å². The minimum Gasteiger partial charge on any atom is -0.480 e. The normalized spacial score (nSPS) is 17.4. The number of carboxylic acids is 1. The van der Waals surface area contributed by atoms with Crippen molar-refractivity contribution in [1.82, 2.24) is 14.7 Å². The first kappa shape index (κ1) is 31.5. The standard InChI is InChI=1S/C36H39N3O6/c1-24-16-18-25(19-17-24)21-32(34(42)37(2)22-33(40)41)39-20-10-4-5-15-31(35(39)43)38(3)36(44)45-23-30-28-13-8-6-11-26(28)27-12-7-9-14-29(27)30/h4-9,11-14,16-19,30-32H,10,15,20-23H2,1-3H3,(H,40,41)/b5-4-/t31-,32-/m0/s1. The number of benzene rings is 3. The Bertz CT molecular complexity index is 1550. The van der Waals surface area contributed by atoms with Crippen LogP contribution in [0.5, 0.6) is 0 Å². The summed E-state index contributed by atoms with van der Waals surface area (Å²) in [4.78, 5) is 56.8. The summed E-state index contributed by atoms with van der Waals surface area (Å²) in [6, 6.07) is 22.0. The van der Waals surface area contributed by atoms with Crippen LogP contribution >= 0.6 is 0 Å². The Balaban J connectivity index is 1.36. The van der Waals surface area contributed by atoms with Crippen molar-refractivity contribution >= 4 is 23.9 Å². The maximum Gasteiger partial charge on any atom is 0.410 e. The number of nitrogens with zero attached hydrogens (tertiary/aromatic N) is 3. The predicted molar refractivity (Wildman–Crippen MR) is 171 cm³/mol. The second-order valence-electron chi connectivity index (χ2n) is 11.8. The monoisotopic (exact) mass is 609 g/mol. The van der Waals surface area contributed by atoms with Gasteiger partial charge < -0.3 is 19.6 Å². The van der Waals surface area contributed by atoms with Crippen LogP contribution in [0.3, 0.4) is 0 Å². The van der Waals surface area contributed by atoms with E-state index in [1.165, 1.54) is 16.8 Å². The fraction of sp³-hybridized carbons (Fsp3) is 0.333. The summed E-state index contributed by atoms with van der Waals surface area (Å²) in [5, 5.41) is 9.35. The largest absolute Gasteiger partial charge is 0.480 e.